The van der Waals surface area contributed by atoms with E-state index in [0.717, 1.165) is 5.56 Å². The van der Waals surface area contributed by atoms with Crippen molar-refractivity contribution < 1.29 is 38.5 Å². The zero-order valence-electron chi connectivity index (χ0n) is 11.6. The fourth-order valence-corrected chi connectivity index (χ4v) is 2.13. The van der Waals surface area contributed by atoms with E-state index in [9.17, 15) is 8.42 Å². The third-order valence-corrected chi connectivity index (χ3v) is 2.90. The van der Waals surface area contributed by atoms with Crippen LogP contribution in [0.2, 0.25) is 0 Å². The van der Waals surface area contributed by atoms with E-state index in [-0.39, 0.29) is 23.0 Å². The lowest BCUT2D eigenvalue weighted by Gasteiger charge is -2.37. The molecule has 8 N–H and O–H groups in total. The lowest BCUT2D eigenvalue weighted by atomic mass is 10.1. The Bertz CT molecular complexity index is 545. The molecule has 0 fully saturated rings. The molecule has 0 unspecified atom stereocenters. The van der Waals surface area contributed by atoms with Crippen LogP contribution in [0.4, 0.5) is 0 Å². The highest BCUT2D eigenvalue weighted by atomic mass is 32.2. The van der Waals surface area contributed by atoms with Crippen LogP contribution in [0.1, 0.15) is 25.5 Å². The van der Waals surface area contributed by atoms with E-state index in [1.54, 1.807) is 26.0 Å². The van der Waals surface area contributed by atoms with Crippen molar-refractivity contribution >= 4 is 10.3 Å². The van der Waals surface area contributed by atoms with Gasteiger partial charge < -0.3 is 25.9 Å². The van der Waals surface area contributed by atoms with Crippen LogP contribution in [0.3, 0.4) is 0 Å². The van der Waals surface area contributed by atoms with Crippen molar-refractivity contribution in [2.24, 2.45) is 5.14 Å². The molecule has 1 aromatic rings. The zero-order valence-corrected chi connectivity index (χ0v) is 12.4. The summed E-state index contributed by atoms with van der Waals surface area (Å²) in [4.78, 5) is 0. The molecule has 1 aromatic carbocycles. The second kappa shape index (κ2) is 7.66. The van der Waals surface area contributed by atoms with Crippen LogP contribution in [-0.4, -0.2) is 37.2 Å². The van der Waals surface area contributed by atoms with Gasteiger partial charge in [-0.25, -0.2) is 5.14 Å². The van der Waals surface area contributed by atoms with Gasteiger partial charge in [0.1, 0.15) is 11.9 Å². The number of hydrogen-bond acceptors (Lipinski definition) is 5. The Balaban J connectivity index is 0. The largest absolute Gasteiger partial charge is 0.463 e. The molecule has 1 aliphatic heterocycles. The topological polar surface area (TPSA) is 182 Å². The predicted molar refractivity (Wildman–Crippen MR) is 74.9 cm³/mol. The van der Waals surface area contributed by atoms with Gasteiger partial charge in [-0.2, -0.15) is 8.42 Å². The first-order chi connectivity index (χ1) is 8.27. The summed E-state index contributed by atoms with van der Waals surface area (Å²) in [6.45, 7) is 3.31. The Hall–Kier alpha value is -1.27. The molecule has 21 heavy (non-hydrogen) atoms. The van der Waals surface area contributed by atoms with E-state index in [0.29, 0.717) is 5.75 Å². The average molecular weight is 327 g/mol. The first-order valence-corrected chi connectivity index (χ1v) is 6.87. The van der Waals surface area contributed by atoms with E-state index < -0.39 is 22.2 Å². The van der Waals surface area contributed by atoms with Crippen molar-refractivity contribution in [2.45, 2.75) is 25.7 Å². The van der Waals surface area contributed by atoms with Crippen molar-refractivity contribution in [3.63, 3.8) is 0 Å². The van der Waals surface area contributed by atoms with Gasteiger partial charge in [-0.3, -0.25) is 4.18 Å². The third-order valence-electron chi connectivity index (χ3n) is 2.43. The van der Waals surface area contributed by atoms with Crippen molar-refractivity contribution in [1.29, 1.82) is 0 Å². The Morgan fingerprint density at radius 2 is 1.81 bits per heavy atom. The quantitative estimate of drug-likeness (QED) is 0.716. The average Bonchev–Trinajstić information content (AvgIpc) is 2.23. The smallest absolute Gasteiger partial charge is 0.333 e. The number of rotatable bonds is 3. The maximum absolute atomic E-state index is 10.8. The molecule has 0 saturated carbocycles. The number of benzene rings is 1. The summed E-state index contributed by atoms with van der Waals surface area (Å²) in [7, 11) is -3.98. The number of nitrogens with two attached hydrogens (primary N) is 1. The highest BCUT2D eigenvalue weighted by molar-refractivity contribution is 7.84. The number of para-hydroxylation sites is 1. The van der Waals surface area contributed by atoms with Crippen LogP contribution in [0, 0.1) is 0 Å². The van der Waals surface area contributed by atoms with E-state index in [2.05, 4.69) is 4.18 Å². The van der Waals surface area contributed by atoms with Crippen LogP contribution >= 0.6 is 0 Å². The molecule has 0 aromatic heterocycles. The van der Waals surface area contributed by atoms with Crippen LogP contribution in [0.25, 0.3) is 0 Å². The van der Waals surface area contributed by atoms with E-state index in [4.69, 9.17) is 14.6 Å². The molecule has 10 heteroatoms. The van der Waals surface area contributed by atoms with Gasteiger partial charge in [0.2, 0.25) is 5.79 Å². The second-order valence-electron chi connectivity index (χ2n) is 4.42. The van der Waals surface area contributed by atoms with Crippen molar-refractivity contribution in [2.75, 3.05) is 6.61 Å². The maximum Gasteiger partial charge on any atom is 0.333 e. The highest BCUT2D eigenvalue weighted by Gasteiger charge is 2.34. The van der Waals surface area contributed by atoms with Gasteiger partial charge in [0.05, 0.1) is 6.61 Å². The summed E-state index contributed by atoms with van der Waals surface area (Å²) in [5.74, 6) is -0.197. The number of ether oxygens (including phenoxy) is 2. The normalized spacial score (nSPS) is 18.9. The number of hydrogen-bond donors (Lipinski definition) is 1. The van der Waals surface area contributed by atoms with Gasteiger partial charge >= 0.3 is 10.3 Å². The monoisotopic (exact) mass is 327 g/mol. The SMILES string of the molecule is CC1(C)Oc2ccccc2[C@@H](COS(N)(=O)=O)O1.O.O.O. The highest BCUT2D eigenvalue weighted by Crippen LogP contribution is 2.38. The van der Waals surface area contributed by atoms with Gasteiger partial charge in [0.15, 0.2) is 0 Å². The molecule has 1 heterocycles. The van der Waals surface area contributed by atoms with Crippen molar-refractivity contribution in [3.05, 3.63) is 29.8 Å². The van der Waals surface area contributed by atoms with Crippen LogP contribution in [0.15, 0.2) is 24.3 Å². The first-order valence-electron chi connectivity index (χ1n) is 5.40. The van der Waals surface area contributed by atoms with Gasteiger partial charge in [-0.1, -0.05) is 18.2 Å². The Labute approximate surface area is 122 Å². The standard InChI is InChI=1S/C11H15NO5S.3H2O/c1-11(2)16-9-6-4-3-5-8(9)10(17-11)7-15-18(12,13)14;;;/h3-6,10H,7H2,1-2H3,(H2,12,13,14);3*1H2/t10-;;;/m1.../s1. The maximum atomic E-state index is 10.8. The van der Waals surface area contributed by atoms with Crippen LogP contribution in [0.5, 0.6) is 5.75 Å². The lowest BCUT2D eigenvalue weighted by molar-refractivity contribution is -0.212. The summed E-state index contributed by atoms with van der Waals surface area (Å²) in [6.07, 6.45) is -0.539. The molecule has 1 atom stereocenters. The lowest BCUT2D eigenvalue weighted by Crippen LogP contribution is -2.39. The van der Waals surface area contributed by atoms with Crippen LogP contribution in [-0.2, 0) is 19.2 Å². The second-order valence-corrected chi connectivity index (χ2v) is 5.64. The zero-order chi connectivity index (χ0) is 13.4. The molecule has 0 aliphatic carbocycles. The van der Waals surface area contributed by atoms with Crippen molar-refractivity contribution in [1.82, 2.24) is 0 Å². The molecular weight excluding hydrogens is 306 g/mol. The summed E-state index contributed by atoms with van der Waals surface area (Å²) >= 11 is 0. The molecular formula is C11H21NO8S. The Morgan fingerprint density at radius 3 is 2.38 bits per heavy atom. The minimum atomic E-state index is -3.98. The summed E-state index contributed by atoms with van der Waals surface area (Å²) in [5, 5.41) is 4.80. The van der Waals surface area contributed by atoms with Crippen molar-refractivity contribution in [3.8, 4) is 5.75 Å². The summed E-state index contributed by atoms with van der Waals surface area (Å²) in [6, 6.07) is 7.23. The fourth-order valence-electron chi connectivity index (χ4n) is 1.81. The minimum absolute atomic E-state index is 0. The Morgan fingerprint density at radius 1 is 1.24 bits per heavy atom. The molecule has 0 radical (unpaired) electrons. The van der Waals surface area contributed by atoms with Gasteiger partial charge in [0.25, 0.3) is 0 Å². The minimum Gasteiger partial charge on any atom is -0.463 e. The van der Waals surface area contributed by atoms with E-state index >= 15 is 0 Å². The molecule has 1 aliphatic rings. The predicted octanol–water partition coefficient (Wildman–Crippen LogP) is -1.38. The molecule has 0 saturated heterocycles. The van der Waals surface area contributed by atoms with Gasteiger partial charge in [0, 0.05) is 19.4 Å². The Kier molecular flexibility index (Phi) is 8.03. The molecule has 124 valence electrons. The fraction of sp³-hybridized carbons (Fsp3) is 0.455. The molecule has 0 bridgehead atoms. The third kappa shape index (κ3) is 5.93. The molecule has 9 nitrogen and oxygen atoms in total. The van der Waals surface area contributed by atoms with Gasteiger partial charge in [-0.05, 0) is 6.07 Å². The number of fused-ring (bicyclic) bond motifs is 1. The van der Waals surface area contributed by atoms with E-state index in [1.807, 2.05) is 12.1 Å². The first kappa shape index (κ1) is 22.0. The van der Waals surface area contributed by atoms with E-state index in [1.165, 1.54) is 0 Å². The molecule has 0 amide bonds. The summed E-state index contributed by atoms with van der Waals surface area (Å²) in [5.41, 5.74) is 0.737. The molecule has 0 spiro atoms. The molecule has 2 rings (SSSR count). The summed E-state index contributed by atoms with van der Waals surface area (Å²) < 4.78 is 37.5. The van der Waals surface area contributed by atoms with Gasteiger partial charge in [-0.15, -0.1) is 0 Å². The van der Waals surface area contributed by atoms with Crippen LogP contribution < -0.4 is 9.88 Å².